The highest BCUT2D eigenvalue weighted by Crippen LogP contribution is 2.39. The highest BCUT2D eigenvalue weighted by molar-refractivity contribution is 6.33. The Morgan fingerprint density at radius 1 is 1.03 bits per heavy atom. The summed E-state index contributed by atoms with van der Waals surface area (Å²) in [6, 6.07) is 17.0. The maximum Gasteiger partial charge on any atom is 0.256 e. The summed E-state index contributed by atoms with van der Waals surface area (Å²) in [7, 11) is 0. The van der Waals surface area contributed by atoms with E-state index >= 15 is 0 Å². The first kappa shape index (κ1) is 25.0. The molecule has 1 spiro atoms. The van der Waals surface area contributed by atoms with Crippen molar-refractivity contribution < 1.29 is 23.5 Å². The molecule has 1 atom stereocenters. The number of ether oxygens (including phenoxy) is 1. The average molecular weight is 522 g/mol. The summed E-state index contributed by atoms with van der Waals surface area (Å²) in [5.74, 6) is -0.137. The number of rotatable bonds is 5. The number of likely N-dealkylation sites (tertiary alicyclic amines) is 1. The molecule has 1 aromatic heterocycles. The van der Waals surface area contributed by atoms with Gasteiger partial charge in [-0.25, -0.2) is 0 Å². The summed E-state index contributed by atoms with van der Waals surface area (Å²) < 4.78 is 11.6. The topological polar surface area (TPSA) is 92.1 Å². The Morgan fingerprint density at radius 2 is 1.81 bits per heavy atom. The number of furan rings is 1. The van der Waals surface area contributed by atoms with E-state index < -0.39 is 11.8 Å². The van der Waals surface area contributed by atoms with Gasteiger partial charge in [0.05, 0.1) is 30.0 Å². The summed E-state index contributed by atoms with van der Waals surface area (Å²) >= 11 is 6.25. The molecule has 1 N–H and O–H groups in total. The fourth-order valence-corrected chi connectivity index (χ4v) is 5.27. The van der Waals surface area contributed by atoms with Gasteiger partial charge in [0.2, 0.25) is 5.91 Å². The van der Waals surface area contributed by atoms with Gasteiger partial charge in [-0.05, 0) is 43.3 Å². The van der Waals surface area contributed by atoms with Gasteiger partial charge in [-0.15, -0.1) is 0 Å². The van der Waals surface area contributed by atoms with Crippen LogP contribution in [-0.4, -0.2) is 59.0 Å². The van der Waals surface area contributed by atoms with Gasteiger partial charge in [0.25, 0.3) is 11.8 Å². The van der Waals surface area contributed by atoms with E-state index in [0.717, 1.165) is 5.56 Å². The molecule has 5 rings (SSSR count). The van der Waals surface area contributed by atoms with E-state index in [1.165, 1.54) is 0 Å². The molecule has 2 aliphatic heterocycles. The molecule has 0 aliphatic carbocycles. The van der Waals surface area contributed by atoms with Crippen molar-refractivity contribution in [3.8, 4) is 0 Å². The van der Waals surface area contributed by atoms with Gasteiger partial charge < -0.3 is 19.4 Å². The molecule has 192 valence electrons. The molecule has 2 aromatic carbocycles. The Hall–Kier alpha value is -3.62. The molecule has 0 radical (unpaired) electrons. The Morgan fingerprint density at radius 3 is 2.51 bits per heavy atom. The van der Waals surface area contributed by atoms with Gasteiger partial charge in [-0.3, -0.25) is 19.3 Å². The van der Waals surface area contributed by atoms with Crippen LogP contribution in [0.3, 0.4) is 0 Å². The molecule has 0 bridgehead atoms. The average Bonchev–Trinajstić information content (AvgIpc) is 3.56. The molecule has 2 saturated heterocycles. The standard InChI is InChI=1S/C28H28ClN3O5/c1-19-6-4-7-20(16-19)26(34)32-24(25(33)30-17-21-8-5-15-36-21)18-37-28(32)11-13-31(14-12-28)27(35)22-9-2-3-10-23(22)29/h2-10,15-16,24H,11-14,17-18H2,1H3,(H,30,33)/t24-/m0/s1. The van der Waals surface area contributed by atoms with Gasteiger partial charge >= 0.3 is 0 Å². The zero-order valence-electron chi connectivity index (χ0n) is 20.5. The summed E-state index contributed by atoms with van der Waals surface area (Å²) in [6.07, 6.45) is 2.30. The Kier molecular flexibility index (Phi) is 7.04. The van der Waals surface area contributed by atoms with Gasteiger partial charge in [-0.2, -0.15) is 0 Å². The lowest BCUT2D eigenvalue weighted by molar-refractivity contribution is -0.128. The number of aryl methyl sites for hydroxylation is 1. The first-order valence-electron chi connectivity index (χ1n) is 12.3. The minimum absolute atomic E-state index is 0.0694. The second kappa shape index (κ2) is 10.4. The molecule has 0 unspecified atom stereocenters. The molecule has 0 saturated carbocycles. The number of piperidine rings is 1. The number of nitrogens with zero attached hydrogens (tertiary/aromatic N) is 2. The second-order valence-electron chi connectivity index (χ2n) is 9.39. The van der Waals surface area contributed by atoms with Crippen molar-refractivity contribution in [3.05, 3.63) is 94.4 Å². The van der Waals surface area contributed by atoms with E-state index in [4.69, 9.17) is 20.8 Å². The van der Waals surface area contributed by atoms with Crippen molar-refractivity contribution in [1.29, 1.82) is 0 Å². The van der Waals surface area contributed by atoms with E-state index in [1.54, 1.807) is 58.5 Å². The molecule has 2 fully saturated rings. The Bertz CT molecular complexity index is 1300. The first-order valence-corrected chi connectivity index (χ1v) is 12.6. The Labute approximate surface area is 220 Å². The molecule has 3 aromatic rings. The molecule has 3 amide bonds. The van der Waals surface area contributed by atoms with Crippen LogP contribution in [0.2, 0.25) is 5.02 Å². The number of hydrogen-bond donors (Lipinski definition) is 1. The van der Waals surface area contributed by atoms with E-state index in [0.29, 0.717) is 47.8 Å². The van der Waals surface area contributed by atoms with Gasteiger partial charge in [0.1, 0.15) is 17.5 Å². The van der Waals surface area contributed by atoms with Crippen LogP contribution < -0.4 is 5.32 Å². The van der Waals surface area contributed by atoms with Gasteiger partial charge in [-0.1, -0.05) is 41.4 Å². The van der Waals surface area contributed by atoms with Crippen molar-refractivity contribution in [2.24, 2.45) is 0 Å². The maximum absolute atomic E-state index is 13.9. The summed E-state index contributed by atoms with van der Waals surface area (Å²) in [6.45, 7) is 2.92. The number of benzene rings is 2. The third-order valence-electron chi connectivity index (χ3n) is 7.00. The molecule has 2 aliphatic rings. The third-order valence-corrected chi connectivity index (χ3v) is 7.33. The van der Waals surface area contributed by atoms with E-state index in [2.05, 4.69) is 5.32 Å². The summed E-state index contributed by atoms with van der Waals surface area (Å²) in [4.78, 5) is 43.5. The SMILES string of the molecule is Cc1cccc(C(=O)N2[C@H](C(=O)NCc3ccco3)COC23CCN(C(=O)c2ccccc2Cl)CC3)c1. The van der Waals surface area contributed by atoms with Crippen LogP contribution in [0.4, 0.5) is 0 Å². The van der Waals surface area contributed by atoms with E-state index in [1.807, 2.05) is 25.1 Å². The Balaban J connectivity index is 1.38. The van der Waals surface area contributed by atoms with Crippen LogP contribution in [-0.2, 0) is 16.1 Å². The second-order valence-corrected chi connectivity index (χ2v) is 9.79. The van der Waals surface area contributed by atoms with Crippen molar-refractivity contribution in [3.63, 3.8) is 0 Å². The van der Waals surface area contributed by atoms with Gasteiger partial charge in [0.15, 0.2) is 0 Å². The van der Waals surface area contributed by atoms with Crippen LogP contribution in [0.1, 0.15) is 44.9 Å². The van der Waals surface area contributed by atoms with Crippen molar-refractivity contribution >= 4 is 29.3 Å². The van der Waals surface area contributed by atoms with E-state index in [-0.39, 0.29) is 30.9 Å². The predicted octanol–water partition coefficient (Wildman–Crippen LogP) is 4.03. The molecular formula is C28H28ClN3O5. The number of carbonyl (C=O) groups is 3. The van der Waals surface area contributed by atoms with E-state index in [9.17, 15) is 14.4 Å². The smallest absolute Gasteiger partial charge is 0.256 e. The van der Waals surface area contributed by atoms with Crippen molar-refractivity contribution in [2.45, 2.75) is 38.1 Å². The normalized spacial score (nSPS) is 18.7. The minimum Gasteiger partial charge on any atom is -0.467 e. The summed E-state index contributed by atoms with van der Waals surface area (Å²) in [5, 5.41) is 3.26. The van der Waals surface area contributed by atoms with Crippen LogP contribution in [0.25, 0.3) is 0 Å². The van der Waals surface area contributed by atoms with Crippen LogP contribution >= 0.6 is 11.6 Å². The molecule has 9 heteroatoms. The van der Waals surface area contributed by atoms with Crippen LogP contribution in [0, 0.1) is 6.92 Å². The number of carbonyl (C=O) groups excluding carboxylic acids is 3. The number of amides is 3. The summed E-state index contributed by atoms with van der Waals surface area (Å²) in [5.41, 5.74) is 0.878. The predicted molar refractivity (Wildman–Crippen MR) is 137 cm³/mol. The fraction of sp³-hybridized carbons (Fsp3) is 0.321. The lowest BCUT2D eigenvalue weighted by Crippen LogP contribution is -2.59. The monoisotopic (exact) mass is 521 g/mol. The highest BCUT2D eigenvalue weighted by Gasteiger charge is 2.54. The number of halogens is 1. The minimum atomic E-state index is -0.995. The zero-order chi connectivity index (χ0) is 26.0. The third kappa shape index (κ3) is 4.99. The van der Waals surface area contributed by atoms with Crippen LogP contribution in [0.15, 0.2) is 71.3 Å². The fourth-order valence-electron chi connectivity index (χ4n) is 5.05. The largest absolute Gasteiger partial charge is 0.467 e. The molecular weight excluding hydrogens is 494 g/mol. The van der Waals surface area contributed by atoms with Crippen molar-refractivity contribution in [2.75, 3.05) is 19.7 Å². The lowest BCUT2D eigenvalue weighted by atomic mass is 9.95. The maximum atomic E-state index is 13.9. The van der Waals surface area contributed by atoms with Gasteiger partial charge in [0, 0.05) is 31.5 Å². The molecule has 8 nitrogen and oxygen atoms in total. The highest BCUT2D eigenvalue weighted by atomic mass is 35.5. The first-order chi connectivity index (χ1) is 17.9. The zero-order valence-corrected chi connectivity index (χ0v) is 21.2. The molecule has 3 heterocycles. The number of nitrogens with one attached hydrogen (secondary N) is 1. The number of hydrogen-bond acceptors (Lipinski definition) is 5. The van der Waals surface area contributed by atoms with Crippen LogP contribution in [0.5, 0.6) is 0 Å². The molecule has 37 heavy (non-hydrogen) atoms. The lowest BCUT2D eigenvalue weighted by Gasteiger charge is -2.44. The quantitative estimate of drug-likeness (QED) is 0.547. The van der Waals surface area contributed by atoms with Crippen molar-refractivity contribution in [1.82, 2.24) is 15.1 Å².